The van der Waals surface area contributed by atoms with Crippen LogP contribution in [0.3, 0.4) is 0 Å². The van der Waals surface area contributed by atoms with Crippen molar-refractivity contribution >= 4 is 22.7 Å². The quantitative estimate of drug-likeness (QED) is 0.313. The van der Waals surface area contributed by atoms with Crippen LogP contribution in [0.4, 0.5) is 0 Å². The van der Waals surface area contributed by atoms with Crippen LogP contribution in [0, 0.1) is 13.8 Å². The summed E-state index contributed by atoms with van der Waals surface area (Å²) >= 11 is 1.60. The van der Waals surface area contributed by atoms with Crippen molar-refractivity contribution in [2.75, 3.05) is 7.11 Å². The van der Waals surface area contributed by atoms with Gasteiger partial charge in [0.15, 0.2) is 5.16 Å². The van der Waals surface area contributed by atoms with Gasteiger partial charge >= 0.3 is 0 Å². The van der Waals surface area contributed by atoms with Crippen LogP contribution < -0.4 is 10.3 Å². The lowest BCUT2D eigenvalue weighted by molar-refractivity contribution is 0.414. The van der Waals surface area contributed by atoms with Gasteiger partial charge in [-0.2, -0.15) is 0 Å². The second kappa shape index (κ2) is 8.76. The van der Waals surface area contributed by atoms with Crippen LogP contribution in [0.5, 0.6) is 5.75 Å². The van der Waals surface area contributed by atoms with Gasteiger partial charge in [0.25, 0.3) is 5.56 Å². The minimum Gasteiger partial charge on any atom is -0.497 e. The highest BCUT2D eigenvalue weighted by Crippen LogP contribution is 2.24. The lowest BCUT2D eigenvalue weighted by Crippen LogP contribution is -2.24. The van der Waals surface area contributed by atoms with E-state index >= 15 is 0 Å². The summed E-state index contributed by atoms with van der Waals surface area (Å²) in [6.07, 6.45) is 0. The average molecular weight is 417 g/mol. The van der Waals surface area contributed by atoms with Crippen molar-refractivity contribution in [1.29, 1.82) is 0 Å². The molecule has 3 aromatic carbocycles. The van der Waals surface area contributed by atoms with Crippen molar-refractivity contribution < 1.29 is 4.74 Å². The molecule has 5 heteroatoms. The minimum atomic E-state index is -0.0148. The molecule has 0 fully saturated rings. The van der Waals surface area contributed by atoms with Gasteiger partial charge in [0.05, 0.1) is 24.6 Å². The standard InChI is InChI=1S/C25H24N2O2S/c1-17-8-9-20(14-18(17)2)16-30-25-26-23-7-5-4-6-22(23)24(28)27(25)15-19-10-12-21(29-3)13-11-19/h4-14H,15-16H2,1-3H3. The summed E-state index contributed by atoms with van der Waals surface area (Å²) in [7, 11) is 1.65. The Morgan fingerprint density at radius 2 is 1.67 bits per heavy atom. The first kappa shape index (κ1) is 20.2. The molecule has 0 aliphatic rings. The number of para-hydroxylation sites is 1. The van der Waals surface area contributed by atoms with Crippen LogP contribution in [0.15, 0.2) is 76.7 Å². The summed E-state index contributed by atoms with van der Waals surface area (Å²) in [6.45, 7) is 4.71. The average Bonchev–Trinajstić information content (AvgIpc) is 2.77. The molecule has 0 N–H and O–H groups in total. The summed E-state index contributed by atoms with van der Waals surface area (Å²) in [6, 6.07) is 21.8. The third-order valence-corrected chi connectivity index (χ3v) is 6.31. The maximum Gasteiger partial charge on any atom is 0.262 e. The molecule has 0 amide bonds. The molecule has 30 heavy (non-hydrogen) atoms. The highest BCUT2D eigenvalue weighted by atomic mass is 32.2. The zero-order valence-electron chi connectivity index (χ0n) is 17.4. The summed E-state index contributed by atoms with van der Waals surface area (Å²) in [4.78, 5) is 18.1. The molecule has 152 valence electrons. The van der Waals surface area contributed by atoms with E-state index in [1.54, 1.807) is 23.4 Å². The molecule has 0 aliphatic carbocycles. The molecule has 0 spiro atoms. The topological polar surface area (TPSA) is 44.1 Å². The van der Waals surface area contributed by atoms with Gasteiger partial charge in [-0.25, -0.2) is 4.98 Å². The Kier molecular flexibility index (Phi) is 5.91. The largest absolute Gasteiger partial charge is 0.497 e. The lowest BCUT2D eigenvalue weighted by atomic mass is 10.1. The predicted octanol–water partition coefficient (Wildman–Crippen LogP) is 5.36. The molecule has 0 bridgehead atoms. The van der Waals surface area contributed by atoms with Gasteiger partial charge in [0.2, 0.25) is 0 Å². The number of rotatable bonds is 6. The van der Waals surface area contributed by atoms with Crippen LogP contribution >= 0.6 is 11.8 Å². The third kappa shape index (κ3) is 4.26. The van der Waals surface area contributed by atoms with Gasteiger partial charge in [-0.1, -0.05) is 54.2 Å². The van der Waals surface area contributed by atoms with Crippen LogP contribution in [0.2, 0.25) is 0 Å². The maximum atomic E-state index is 13.3. The number of hydrogen-bond donors (Lipinski definition) is 0. The molecule has 4 nitrogen and oxygen atoms in total. The number of aromatic nitrogens is 2. The smallest absolute Gasteiger partial charge is 0.262 e. The normalized spacial score (nSPS) is 11.0. The van der Waals surface area contributed by atoms with Crippen molar-refractivity contribution in [2.24, 2.45) is 0 Å². The van der Waals surface area contributed by atoms with Crippen molar-refractivity contribution in [3.8, 4) is 5.75 Å². The van der Waals surface area contributed by atoms with Gasteiger partial charge < -0.3 is 4.74 Å². The Hall–Kier alpha value is -3.05. The highest BCUT2D eigenvalue weighted by molar-refractivity contribution is 7.98. The Morgan fingerprint density at radius 3 is 2.40 bits per heavy atom. The van der Waals surface area contributed by atoms with Crippen molar-refractivity contribution in [3.63, 3.8) is 0 Å². The maximum absolute atomic E-state index is 13.3. The Morgan fingerprint density at radius 1 is 0.933 bits per heavy atom. The van der Waals surface area contributed by atoms with E-state index in [1.807, 2.05) is 48.5 Å². The van der Waals surface area contributed by atoms with Gasteiger partial charge in [0.1, 0.15) is 5.75 Å². The number of benzene rings is 3. The molecular weight excluding hydrogens is 392 g/mol. The summed E-state index contributed by atoms with van der Waals surface area (Å²) in [5.74, 6) is 1.56. The number of aryl methyl sites for hydroxylation is 2. The van der Waals surface area contributed by atoms with Crippen molar-refractivity contribution in [1.82, 2.24) is 9.55 Å². The third-order valence-electron chi connectivity index (χ3n) is 5.27. The van der Waals surface area contributed by atoms with E-state index in [0.717, 1.165) is 27.7 Å². The summed E-state index contributed by atoms with van der Waals surface area (Å²) < 4.78 is 7.02. The first-order chi connectivity index (χ1) is 14.5. The zero-order valence-corrected chi connectivity index (χ0v) is 18.2. The van der Waals surface area contributed by atoms with Crippen LogP contribution in [-0.4, -0.2) is 16.7 Å². The molecule has 4 aromatic rings. The number of fused-ring (bicyclic) bond motifs is 1. The number of nitrogens with zero attached hydrogens (tertiary/aromatic N) is 2. The lowest BCUT2D eigenvalue weighted by Gasteiger charge is -2.14. The molecular formula is C25H24N2O2S. The molecule has 0 unspecified atom stereocenters. The molecule has 1 heterocycles. The van der Waals surface area contributed by atoms with Gasteiger partial charge in [0, 0.05) is 5.75 Å². The fourth-order valence-electron chi connectivity index (χ4n) is 3.35. The Labute approximate surface area is 180 Å². The first-order valence-corrected chi connectivity index (χ1v) is 10.8. The van der Waals surface area contributed by atoms with E-state index in [4.69, 9.17) is 9.72 Å². The van der Waals surface area contributed by atoms with Crippen LogP contribution in [0.1, 0.15) is 22.3 Å². The number of ether oxygens (including phenoxy) is 1. The SMILES string of the molecule is COc1ccc(Cn2c(SCc3ccc(C)c(C)c3)nc3ccccc3c2=O)cc1. The van der Waals surface area contributed by atoms with E-state index < -0.39 is 0 Å². The highest BCUT2D eigenvalue weighted by Gasteiger charge is 2.12. The fourth-order valence-corrected chi connectivity index (χ4v) is 4.29. The van der Waals surface area contributed by atoms with Crippen molar-refractivity contribution in [2.45, 2.75) is 31.3 Å². The Bertz CT molecular complexity index is 1250. The van der Waals surface area contributed by atoms with Crippen molar-refractivity contribution in [3.05, 3.63) is 99.3 Å². The van der Waals surface area contributed by atoms with E-state index in [1.165, 1.54) is 16.7 Å². The number of hydrogen-bond acceptors (Lipinski definition) is 4. The second-order valence-corrected chi connectivity index (χ2v) is 8.30. The molecule has 0 aliphatic heterocycles. The van der Waals surface area contributed by atoms with E-state index in [2.05, 4.69) is 32.0 Å². The molecule has 1 aromatic heterocycles. The zero-order chi connectivity index (χ0) is 21.1. The molecule has 0 saturated carbocycles. The monoisotopic (exact) mass is 416 g/mol. The minimum absolute atomic E-state index is 0.0148. The number of thioether (sulfide) groups is 1. The van der Waals surface area contributed by atoms with E-state index in [-0.39, 0.29) is 5.56 Å². The van der Waals surface area contributed by atoms with Crippen LogP contribution in [-0.2, 0) is 12.3 Å². The second-order valence-electron chi connectivity index (χ2n) is 7.36. The molecule has 0 atom stereocenters. The Balaban J connectivity index is 1.71. The molecule has 4 rings (SSSR count). The summed E-state index contributed by atoms with van der Waals surface area (Å²) in [5.41, 5.74) is 5.53. The van der Waals surface area contributed by atoms with Gasteiger partial charge in [-0.05, 0) is 60.4 Å². The van der Waals surface area contributed by atoms with Gasteiger partial charge in [-0.3, -0.25) is 9.36 Å². The number of methoxy groups -OCH3 is 1. The first-order valence-electron chi connectivity index (χ1n) is 9.86. The summed E-state index contributed by atoms with van der Waals surface area (Å²) in [5, 5.41) is 1.37. The predicted molar refractivity (Wildman–Crippen MR) is 124 cm³/mol. The van der Waals surface area contributed by atoms with E-state index in [9.17, 15) is 4.79 Å². The molecule has 0 radical (unpaired) electrons. The van der Waals surface area contributed by atoms with Gasteiger partial charge in [-0.15, -0.1) is 0 Å². The molecule has 0 saturated heterocycles. The van der Waals surface area contributed by atoms with Crippen LogP contribution in [0.25, 0.3) is 10.9 Å². The fraction of sp³-hybridized carbons (Fsp3) is 0.200. The van der Waals surface area contributed by atoms with E-state index in [0.29, 0.717) is 11.9 Å².